The molecule has 0 saturated carbocycles. The first-order valence-corrected chi connectivity index (χ1v) is 7.52. The van der Waals surface area contributed by atoms with Crippen molar-refractivity contribution in [2.24, 2.45) is 5.73 Å². The molecule has 0 amide bonds. The molecule has 0 saturated heterocycles. The zero-order valence-corrected chi connectivity index (χ0v) is 12.3. The lowest BCUT2D eigenvalue weighted by Crippen LogP contribution is -2.13. The molecule has 0 spiro atoms. The normalized spacial score (nSPS) is 15.7. The molecule has 2 N–H and O–H groups in total. The SMILES string of the molecule is NC(Cc1ccc(Br)s1)c1ccc2c(c1)COC2. The minimum Gasteiger partial charge on any atom is -0.372 e. The van der Waals surface area contributed by atoms with Crippen molar-refractivity contribution in [3.05, 3.63) is 55.7 Å². The van der Waals surface area contributed by atoms with Gasteiger partial charge in [0.2, 0.25) is 0 Å². The van der Waals surface area contributed by atoms with E-state index in [1.807, 2.05) is 0 Å². The van der Waals surface area contributed by atoms with Crippen LogP contribution in [-0.2, 0) is 24.4 Å². The maximum absolute atomic E-state index is 6.28. The molecule has 94 valence electrons. The second-order valence-corrected chi connectivity index (χ2v) is 7.08. The molecule has 1 aliphatic heterocycles. The summed E-state index contributed by atoms with van der Waals surface area (Å²) < 4.78 is 6.59. The van der Waals surface area contributed by atoms with Gasteiger partial charge in [-0.1, -0.05) is 18.2 Å². The summed E-state index contributed by atoms with van der Waals surface area (Å²) in [6.45, 7) is 1.46. The second kappa shape index (κ2) is 5.13. The van der Waals surface area contributed by atoms with Gasteiger partial charge in [0.15, 0.2) is 0 Å². The number of halogens is 1. The molecule has 4 heteroatoms. The lowest BCUT2D eigenvalue weighted by molar-refractivity contribution is 0.134. The summed E-state index contributed by atoms with van der Waals surface area (Å²) in [5.41, 5.74) is 10.1. The topological polar surface area (TPSA) is 35.2 Å². The third kappa shape index (κ3) is 2.52. The van der Waals surface area contributed by atoms with E-state index in [0.29, 0.717) is 0 Å². The molecular formula is C14H14BrNOS. The van der Waals surface area contributed by atoms with Crippen LogP contribution in [0.1, 0.15) is 27.6 Å². The molecular weight excluding hydrogens is 310 g/mol. The van der Waals surface area contributed by atoms with Crippen molar-refractivity contribution < 1.29 is 4.74 Å². The number of rotatable bonds is 3. The third-order valence-corrected chi connectivity index (χ3v) is 4.87. The molecule has 2 heterocycles. The lowest BCUT2D eigenvalue weighted by atomic mass is 9.99. The first kappa shape index (κ1) is 12.4. The molecule has 0 radical (unpaired) electrons. The van der Waals surface area contributed by atoms with E-state index in [4.69, 9.17) is 10.5 Å². The van der Waals surface area contributed by atoms with E-state index < -0.39 is 0 Å². The van der Waals surface area contributed by atoms with Gasteiger partial charge in [-0.15, -0.1) is 11.3 Å². The smallest absolute Gasteiger partial charge is 0.0725 e. The Balaban J connectivity index is 1.78. The van der Waals surface area contributed by atoms with Crippen LogP contribution in [0, 0.1) is 0 Å². The van der Waals surface area contributed by atoms with Crippen LogP contribution in [0.3, 0.4) is 0 Å². The van der Waals surface area contributed by atoms with E-state index >= 15 is 0 Å². The van der Waals surface area contributed by atoms with Gasteiger partial charge >= 0.3 is 0 Å². The van der Waals surface area contributed by atoms with Crippen LogP contribution in [0.15, 0.2) is 34.1 Å². The maximum Gasteiger partial charge on any atom is 0.0725 e. The zero-order chi connectivity index (χ0) is 12.5. The van der Waals surface area contributed by atoms with Crippen molar-refractivity contribution in [1.82, 2.24) is 0 Å². The number of fused-ring (bicyclic) bond motifs is 1. The number of benzene rings is 1. The third-order valence-electron chi connectivity index (χ3n) is 3.22. The molecule has 1 unspecified atom stereocenters. The van der Waals surface area contributed by atoms with Crippen LogP contribution in [0.5, 0.6) is 0 Å². The highest BCUT2D eigenvalue weighted by Crippen LogP contribution is 2.28. The van der Waals surface area contributed by atoms with Crippen LogP contribution in [0.4, 0.5) is 0 Å². The minimum atomic E-state index is 0.0569. The summed E-state index contributed by atoms with van der Waals surface area (Å²) in [5.74, 6) is 0. The summed E-state index contributed by atoms with van der Waals surface area (Å²) in [5, 5.41) is 0. The van der Waals surface area contributed by atoms with Gasteiger partial charge in [0.1, 0.15) is 0 Å². The van der Waals surface area contributed by atoms with E-state index in [2.05, 4.69) is 46.3 Å². The highest BCUT2D eigenvalue weighted by Gasteiger charge is 2.14. The second-order valence-electron chi connectivity index (χ2n) is 4.54. The maximum atomic E-state index is 6.28. The highest BCUT2D eigenvalue weighted by atomic mass is 79.9. The van der Waals surface area contributed by atoms with Crippen molar-refractivity contribution in [1.29, 1.82) is 0 Å². The number of hydrogen-bond acceptors (Lipinski definition) is 3. The fourth-order valence-electron chi connectivity index (χ4n) is 2.22. The average Bonchev–Trinajstić information content (AvgIpc) is 2.96. The minimum absolute atomic E-state index is 0.0569. The summed E-state index contributed by atoms with van der Waals surface area (Å²) in [7, 11) is 0. The molecule has 1 aromatic heterocycles. The van der Waals surface area contributed by atoms with E-state index in [9.17, 15) is 0 Å². The summed E-state index contributed by atoms with van der Waals surface area (Å²) in [6.07, 6.45) is 0.885. The van der Waals surface area contributed by atoms with Crippen LogP contribution in [0.2, 0.25) is 0 Å². The first-order valence-electron chi connectivity index (χ1n) is 5.91. The molecule has 2 aromatic rings. The van der Waals surface area contributed by atoms with Gasteiger partial charge in [0.05, 0.1) is 17.0 Å². The van der Waals surface area contributed by atoms with Crippen molar-refractivity contribution in [2.45, 2.75) is 25.7 Å². The van der Waals surface area contributed by atoms with E-state index in [1.165, 1.54) is 21.6 Å². The van der Waals surface area contributed by atoms with Gasteiger partial charge in [-0.05, 0) is 44.8 Å². The molecule has 1 aromatic carbocycles. The van der Waals surface area contributed by atoms with Gasteiger partial charge in [-0.3, -0.25) is 0 Å². The Bertz CT molecular complexity index is 567. The Morgan fingerprint density at radius 2 is 2.06 bits per heavy atom. The fourth-order valence-corrected chi connectivity index (χ4v) is 3.76. The number of thiophene rings is 1. The van der Waals surface area contributed by atoms with Gasteiger partial charge in [0, 0.05) is 17.3 Å². The van der Waals surface area contributed by atoms with E-state index in [1.54, 1.807) is 11.3 Å². The largest absolute Gasteiger partial charge is 0.372 e. The predicted molar refractivity (Wildman–Crippen MR) is 77.6 cm³/mol. The molecule has 0 aliphatic carbocycles. The van der Waals surface area contributed by atoms with Crippen molar-refractivity contribution in [3.8, 4) is 0 Å². The molecule has 2 nitrogen and oxygen atoms in total. The molecule has 0 fully saturated rings. The zero-order valence-electron chi connectivity index (χ0n) is 9.86. The summed E-state index contributed by atoms with van der Waals surface area (Å²) >= 11 is 5.23. The van der Waals surface area contributed by atoms with Crippen LogP contribution >= 0.6 is 27.3 Å². The first-order chi connectivity index (χ1) is 8.72. The summed E-state index contributed by atoms with van der Waals surface area (Å²) in [4.78, 5) is 1.31. The lowest BCUT2D eigenvalue weighted by Gasteiger charge is -2.12. The molecule has 0 bridgehead atoms. The molecule has 1 atom stereocenters. The van der Waals surface area contributed by atoms with Gasteiger partial charge < -0.3 is 10.5 Å². The van der Waals surface area contributed by atoms with Crippen LogP contribution in [-0.4, -0.2) is 0 Å². The van der Waals surface area contributed by atoms with Gasteiger partial charge in [0.25, 0.3) is 0 Å². The van der Waals surface area contributed by atoms with Crippen molar-refractivity contribution in [3.63, 3.8) is 0 Å². The monoisotopic (exact) mass is 323 g/mol. The Morgan fingerprint density at radius 1 is 1.22 bits per heavy atom. The standard InChI is InChI=1S/C14H14BrNOS/c15-14-4-3-12(18-14)6-13(16)9-1-2-10-7-17-8-11(10)5-9/h1-5,13H,6-8,16H2. The number of nitrogens with two attached hydrogens (primary N) is 1. The fraction of sp³-hybridized carbons (Fsp3) is 0.286. The van der Waals surface area contributed by atoms with Crippen LogP contribution < -0.4 is 5.73 Å². The van der Waals surface area contributed by atoms with Gasteiger partial charge in [-0.2, -0.15) is 0 Å². The predicted octanol–water partition coefficient (Wildman–Crippen LogP) is 3.78. The Labute approximate surface area is 119 Å². The van der Waals surface area contributed by atoms with Crippen LogP contribution in [0.25, 0.3) is 0 Å². The molecule has 1 aliphatic rings. The van der Waals surface area contributed by atoms with E-state index in [-0.39, 0.29) is 6.04 Å². The number of hydrogen-bond donors (Lipinski definition) is 1. The van der Waals surface area contributed by atoms with Gasteiger partial charge in [-0.25, -0.2) is 0 Å². The molecule has 18 heavy (non-hydrogen) atoms. The summed E-state index contributed by atoms with van der Waals surface area (Å²) in [6, 6.07) is 10.7. The Hall–Kier alpha value is -0.680. The van der Waals surface area contributed by atoms with Crippen molar-refractivity contribution >= 4 is 27.3 Å². The Kier molecular flexibility index (Phi) is 3.52. The highest BCUT2D eigenvalue weighted by molar-refractivity contribution is 9.11. The van der Waals surface area contributed by atoms with E-state index in [0.717, 1.165) is 23.4 Å². The average molecular weight is 324 g/mol. The quantitative estimate of drug-likeness (QED) is 0.932. The Morgan fingerprint density at radius 3 is 2.83 bits per heavy atom. The van der Waals surface area contributed by atoms with Crippen molar-refractivity contribution in [2.75, 3.05) is 0 Å². The molecule has 3 rings (SSSR count). The number of ether oxygens (including phenoxy) is 1.